The average Bonchev–Trinajstić information content (AvgIpc) is 2.43. The Kier molecular flexibility index (Phi) is 5.84. The minimum Gasteiger partial charge on any atom is -0.490 e. The summed E-state index contributed by atoms with van der Waals surface area (Å²) in [7, 11) is 5.61. The van der Waals surface area contributed by atoms with E-state index in [-0.39, 0.29) is 12.2 Å². The van der Waals surface area contributed by atoms with Crippen LogP contribution in [0.5, 0.6) is 11.5 Å². The summed E-state index contributed by atoms with van der Waals surface area (Å²) in [6.07, 6.45) is 0.307. The van der Waals surface area contributed by atoms with Crippen LogP contribution in [0.3, 0.4) is 0 Å². The Labute approximate surface area is 138 Å². The highest BCUT2D eigenvalue weighted by Crippen LogP contribution is 2.28. The van der Waals surface area contributed by atoms with Gasteiger partial charge in [0, 0.05) is 10.6 Å². The molecule has 0 aliphatic rings. The first-order valence-corrected chi connectivity index (χ1v) is 8.66. The first-order chi connectivity index (χ1) is 10.4. The lowest BCUT2D eigenvalue weighted by Gasteiger charge is -2.18. The van der Waals surface area contributed by atoms with Gasteiger partial charge in [-0.15, -0.1) is 18.5 Å². The normalized spacial score (nSPS) is 11.1. The topological polar surface area (TPSA) is 18.5 Å². The summed E-state index contributed by atoms with van der Waals surface area (Å²) in [5, 5.41) is 2.14. The summed E-state index contributed by atoms with van der Waals surface area (Å²) in [6, 6.07) is 12.3. The summed E-state index contributed by atoms with van der Waals surface area (Å²) in [5.41, 5.74) is 2.28. The average molecular weight is 334 g/mol. The highest BCUT2D eigenvalue weighted by atomic mass is 31.0. The van der Waals surface area contributed by atoms with Gasteiger partial charge >= 0.3 is 0 Å². The molecular weight excluding hydrogens is 310 g/mol. The first kappa shape index (κ1) is 17.3. The third-order valence-corrected chi connectivity index (χ3v) is 4.34. The number of hydrogen-bond donors (Lipinski definition) is 0. The number of hydrogen-bond acceptors (Lipinski definition) is 2. The second-order valence-electron chi connectivity index (χ2n) is 5.77. The molecule has 0 N–H and O–H groups in total. The van der Waals surface area contributed by atoms with Gasteiger partial charge in [0.15, 0.2) is 0 Å². The molecule has 0 saturated carbocycles. The van der Waals surface area contributed by atoms with Crippen molar-refractivity contribution in [2.45, 2.75) is 39.9 Å². The summed E-state index contributed by atoms with van der Waals surface area (Å²) >= 11 is 0. The van der Waals surface area contributed by atoms with Gasteiger partial charge < -0.3 is 9.47 Å². The molecule has 0 radical (unpaired) electrons. The van der Waals surface area contributed by atoms with Crippen molar-refractivity contribution in [1.29, 1.82) is 0 Å². The monoisotopic (exact) mass is 334 g/mol. The van der Waals surface area contributed by atoms with Crippen molar-refractivity contribution in [2.75, 3.05) is 0 Å². The molecule has 118 valence electrons. The van der Waals surface area contributed by atoms with Crippen LogP contribution in [-0.2, 0) is 0 Å². The third kappa shape index (κ3) is 4.00. The van der Waals surface area contributed by atoms with Crippen molar-refractivity contribution < 1.29 is 9.47 Å². The minimum absolute atomic E-state index is 0.153. The molecule has 0 bridgehead atoms. The molecule has 0 aliphatic heterocycles. The van der Waals surface area contributed by atoms with E-state index in [1.807, 2.05) is 52.0 Å². The molecular formula is C18H24O2P2. The van der Waals surface area contributed by atoms with Gasteiger partial charge in [-0.2, -0.15) is 0 Å². The van der Waals surface area contributed by atoms with E-state index in [4.69, 9.17) is 9.47 Å². The summed E-state index contributed by atoms with van der Waals surface area (Å²) < 4.78 is 11.8. The summed E-state index contributed by atoms with van der Waals surface area (Å²) in [4.78, 5) is 0. The van der Waals surface area contributed by atoms with E-state index in [0.717, 1.165) is 33.2 Å². The zero-order chi connectivity index (χ0) is 16.3. The van der Waals surface area contributed by atoms with E-state index < -0.39 is 0 Å². The molecule has 0 spiro atoms. The highest BCUT2D eigenvalue weighted by molar-refractivity contribution is 7.29. The predicted molar refractivity (Wildman–Crippen MR) is 102 cm³/mol. The molecule has 2 rings (SSSR count). The van der Waals surface area contributed by atoms with Crippen LogP contribution in [0.1, 0.15) is 27.7 Å². The predicted octanol–water partition coefficient (Wildman–Crippen LogP) is 3.93. The van der Waals surface area contributed by atoms with E-state index in [1.54, 1.807) is 0 Å². The van der Waals surface area contributed by atoms with Crippen LogP contribution in [0.15, 0.2) is 36.4 Å². The van der Waals surface area contributed by atoms with E-state index in [9.17, 15) is 0 Å². The maximum atomic E-state index is 5.88. The van der Waals surface area contributed by atoms with E-state index >= 15 is 0 Å². The van der Waals surface area contributed by atoms with Crippen molar-refractivity contribution >= 4 is 29.1 Å². The molecule has 0 aromatic heterocycles. The van der Waals surface area contributed by atoms with Gasteiger partial charge in [-0.05, 0) is 51.0 Å². The molecule has 0 amide bonds. The zero-order valence-electron chi connectivity index (χ0n) is 13.6. The standard InChI is InChI=1S/C18H24O2P2/c1-11(2)19-15-9-5-7-13(17(15)21)14-8-6-10-16(18(14)22)20-12(3)4/h5-12H,21-22H2,1-4H3. The largest absolute Gasteiger partial charge is 0.490 e. The van der Waals surface area contributed by atoms with Gasteiger partial charge in [0.1, 0.15) is 11.5 Å². The SMILES string of the molecule is CC(C)Oc1cccc(-c2cccc(OC(C)C)c2P)c1P. The number of ether oxygens (including phenoxy) is 2. The van der Waals surface area contributed by atoms with Gasteiger partial charge in [0.25, 0.3) is 0 Å². The fourth-order valence-electron chi connectivity index (χ4n) is 2.27. The maximum Gasteiger partial charge on any atom is 0.127 e. The van der Waals surface area contributed by atoms with Gasteiger partial charge in [0.2, 0.25) is 0 Å². The quantitative estimate of drug-likeness (QED) is 0.772. The van der Waals surface area contributed by atoms with Crippen molar-refractivity contribution in [1.82, 2.24) is 0 Å². The van der Waals surface area contributed by atoms with Crippen molar-refractivity contribution in [3.05, 3.63) is 36.4 Å². The molecule has 2 unspecified atom stereocenters. The molecule has 2 aromatic carbocycles. The van der Waals surface area contributed by atoms with Crippen LogP contribution in [0.4, 0.5) is 0 Å². The Morgan fingerprint density at radius 3 is 1.36 bits per heavy atom. The Morgan fingerprint density at radius 2 is 1.05 bits per heavy atom. The van der Waals surface area contributed by atoms with Crippen molar-refractivity contribution in [3.8, 4) is 22.6 Å². The molecule has 0 aliphatic carbocycles. The Hall–Kier alpha value is -1.10. The lowest BCUT2D eigenvalue weighted by atomic mass is 10.0. The molecule has 4 heteroatoms. The third-order valence-electron chi connectivity index (χ3n) is 3.15. The first-order valence-electron chi connectivity index (χ1n) is 7.50. The molecule has 0 saturated heterocycles. The smallest absolute Gasteiger partial charge is 0.127 e. The van der Waals surface area contributed by atoms with Crippen LogP contribution in [0.25, 0.3) is 11.1 Å². The number of benzene rings is 2. The van der Waals surface area contributed by atoms with E-state index in [0.29, 0.717) is 0 Å². The molecule has 2 atom stereocenters. The molecule has 0 fully saturated rings. The summed E-state index contributed by atoms with van der Waals surface area (Å²) in [5.74, 6) is 1.80. The van der Waals surface area contributed by atoms with Gasteiger partial charge in [0.05, 0.1) is 12.2 Å². The Balaban J connectivity index is 2.48. The van der Waals surface area contributed by atoms with Crippen molar-refractivity contribution in [3.63, 3.8) is 0 Å². The highest BCUT2D eigenvalue weighted by Gasteiger charge is 2.13. The molecule has 22 heavy (non-hydrogen) atoms. The second-order valence-corrected chi connectivity index (χ2v) is 6.92. The lowest BCUT2D eigenvalue weighted by molar-refractivity contribution is 0.244. The fourth-order valence-corrected chi connectivity index (χ4v) is 3.10. The molecule has 0 heterocycles. The summed E-state index contributed by atoms with van der Waals surface area (Å²) in [6.45, 7) is 8.15. The minimum atomic E-state index is 0.153. The Morgan fingerprint density at radius 1 is 0.682 bits per heavy atom. The van der Waals surface area contributed by atoms with Crippen LogP contribution >= 0.6 is 18.5 Å². The fraction of sp³-hybridized carbons (Fsp3) is 0.333. The zero-order valence-corrected chi connectivity index (χ0v) is 15.9. The Bertz CT molecular complexity index is 594. The second kappa shape index (κ2) is 7.44. The number of rotatable bonds is 5. The maximum absolute atomic E-state index is 5.88. The van der Waals surface area contributed by atoms with Crippen LogP contribution in [0.2, 0.25) is 0 Å². The van der Waals surface area contributed by atoms with Crippen molar-refractivity contribution in [2.24, 2.45) is 0 Å². The molecule has 2 aromatic rings. The lowest BCUT2D eigenvalue weighted by Crippen LogP contribution is -2.15. The van der Waals surface area contributed by atoms with Crippen LogP contribution < -0.4 is 20.1 Å². The van der Waals surface area contributed by atoms with Crippen LogP contribution in [-0.4, -0.2) is 12.2 Å². The van der Waals surface area contributed by atoms with Gasteiger partial charge in [-0.3, -0.25) is 0 Å². The van der Waals surface area contributed by atoms with E-state index in [2.05, 4.69) is 30.6 Å². The van der Waals surface area contributed by atoms with E-state index in [1.165, 1.54) is 0 Å². The molecule has 2 nitrogen and oxygen atoms in total. The van der Waals surface area contributed by atoms with Gasteiger partial charge in [-0.25, -0.2) is 0 Å². The van der Waals surface area contributed by atoms with Crippen LogP contribution in [0, 0.1) is 0 Å². The van der Waals surface area contributed by atoms with Gasteiger partial charge in [-0.1, -0.05) is 24.3 Å².